The van der Waals surface area contributed by atoms with Crippen LogP contribution in [0.1, 0.15) is 37.8 Å². The number of benzene rings is 1. The molecule has 0 bridgehead atoms. The van der Waals surface area contributed by atoms with E-state index in [0.29, 0.717) is 12.5 Å². The Hall–Kier alpha value is -1.68. The highest BCUT2D eigenvalue weighted by molar-refractivity contribution is 6.05. The average molecular weight is 286 g/mol. The molecule has 3 rings (SSSR count). The van der Waals surface area contributed by atoms with Gasteiger partial charge in [-0.3, -0.25) is 14.5 Å². The molecule has 0 spiro atoms. The van der Waals surface area contributed by atoms with Crippen LogP contribution < -0.4 is 5.73 Å². The number of fused-ring (bicyclic) bond motifs is 1. The monoisotopic (exact) mass is 286 g/mol. The van der Waals surface area contributed by atoms with E-state index < -0.39 is 0 Å². The molecule has 1 aliphatic heterocycles. The van der Waals surface area contributed by atoms with Crippen molar-refractivity contribution in [3.63, 3.8) is 0 Å². The predicted molar refractivity (Wildman–Crippen MR) is 80.1 cm³/mol. The third kappa shape index (κ3) is 2.48. The maximum atomic E-state index is 12.5. The lowest BCUT2D eigenvalue weighted by atomic mass is 10.00. The average Bonchev–Trinajstić information content (AvgIpc) is 3.03. The Balaban J connectivity index is 1.71. The fourth-order valence-electron chi connectivity index (χ4n) is 3.71. The molecule has 1 heterocycles. The van der Waals surface area contributed by atoms with Crippen molar-refractivity contribution >= 4 is 11.8 Å². The number of likely N-dealkylation sites (tertiary alicyclic amines) is 1. The number of nitrogens with two attached hydrogens (primary N) is 1. The molecule has 3 atom stereocenters. The summed E-state index contributed by atoms with van der Waals surface area (Å²) in [5.41, 5.74) is 7.12. The van der Waals surface area contributed by atoms with E-state index >= 15 is 0 Å². The molecule has 2 fully saturated rings. The second kappa shape index (κ2) is 5.60. The van der Waals surface area contributed by atoms with Gasteiger partial charge < -0.3 is 5.73 Å². The third-order valence-corrected chi connectivity index (χ3v) is 5.01. The summed E-state index contributed by atoms with van der Waals surface area (Å²) in [6.07, 6.45) is 2.78. The fourth-order valence-corrected chi connectivity index (χ4v) is 3.71. The quantitative estimate of drug-likeness (QED) is 0.862. The van der Waals surface area contributed by atoms with E-state index in [0.717, 1.165) is 24.8 Å². The molecule has 1 saturated heterocycles. The lowest BCUT2D eigenvalue weighted by Gasteiger charge is -2.21. The Morgan fingerprint density at radius 3 is 2.24 bits per heavy atom. The molecule has 1 aromatic rings. The molecule has 1 aromatic carbocycles. The second-order valence-electron chi connectivity index (χ2n) is 6.26. The molecule has 21 heavy (non-hydrogen) atoms. The van der Waals surface area contributed by atoms with Gasteiger partial charge in [0.2, 0.25) is 11.8 Å². The highest BCUT2D eigenvalue weighted by Crippen LogP contribution is 2.44. The van der Waals surface area contributed by atoms with Gasteiger partial charge in [0.15, 0.2) is 0 Å². The smallest absolute Gasteiger partial charge is 0.233 e. The van der Waals surface area contributed by atoms with E-state index in [1.54, 1.807) is 0 Å². The van der Waals surface area contributed by atoms with Crippen LogP contribution in [0.2, 0.25) is 0 Å². The van der Waals surface area contributed by atoms with Crippen molar-refractivity contribution in [2.75, 3.05) is 6.54 Å². The van der Waals surface area contributed by atoms with Crippen LogP contribution in [0.15, 0.2) is 30.3 Å². The van der Waals surface area contributed by atoms with Gasteiger partial charge in [0.25, 0.3) is 0 Å². The van der Waals surface area contributed by atoms with Gasteiger partial charge in [-0.25, -0.2) is 0 Å². The minimum absolute atomic E-state index is 0.00710. The van der Waals surface area contributed by atoms with Crippen molar-refractivity contribution in [3.05, 3.63) is 35.9 Å². The third-order valence-electron chi connectivity index (χ3n) is 5.01. The number of amides is 2. The maximum Gasteiger partial charge on any atom is 0.233 e. The zero-order valence-corrected chi connectivity index (χ0v) is 12.4. The zero-order chi connectivity index (χ0) is 15.0. The van der Waals surface area contributed by atoms with Crippen molar-refractivity contribution in [3.8, 4) is 0 Å². The molecule has 112 valence electrons. The Morgan fingerprint density at radius 1 is 1.14 bits per heavy atom. The van der Waals surface area contributed by atoms with Gasteiger partial charge in [0, 0.05) is 12.6 Å². The molecular formula is C17H22N2O2. The largest absolute Gasteiger partial charge is 0.322 e. The van der Waals surface area contributed by atoms with Crippen LogP contribution in [-0.4, -0.2) is 23.3 Å². The first-order valence-electron chi connectivity index (χ1n) is 7.77. The number of hydrogen-bond donors (Lipinski definition) is 1. The topological polar surface area (TPSA) is 63.4 Å². The van der Waals surface area contributed by atoms with Crippen molar-refractivity contribution in [1.29, 1.82) is 0 Å². The first-order valence-corrected chi connectivity index (χ1v) is 7.77. The fraction of sp³-hybridized carbons (Fsp3) is 0.529. The number of rotatable bonds is 4. The summed E-state index contributed by atoms with van der Waals surface area (Å²) < 4.78 is 0. The van der Waals surface area contributed by atoms with E-state index in [4.69, 9.17) is 5.73 Å². The molecule has 2 amide bonds. The van der Waals surface area contributed by atoms with Crippen molar-refractivity contribution in [2.45, 2.75) is 32.2 Å². The van der Waals surface area contributed by atoms with Gasteiger partial charge in [-0.15, -0.1) is 0 Å². The molecular weight excluding hydrogens is 264 g/mol. The number of hydrogen-bond acceptors (Lipinski definition) is 3. The molecule has 0 radical (unpaired) electrons. The number of carbonyl (C=O) groups excluding carboxylic acids is 2. The molecule has 1 saturated carbocycles. The van der Waals surface area contributed by atoms with Crippen LogP contribution in [0.4, 0.5) is 0 Å². The van der Waals surface area contributed by atoms with Crippen LogP contribution in [-0.2, 0) is 9.59 Å². The number of imide groups is 1. The first kappa shape index (κ1) is 14.3. The Labute approximate surface area is 125 Å². The summed E-state index contributed by atoms with van der Waals surface area (Å²) in [6.45, 7) is 2.43. The summed E-state index contributed by atoms with van der Waals surface area (Å²) in [5.74, 6) is 0.327. The summed E-state index contributed by atoms with van der Waals surface area (Å²) in [6, 6.07) is 9.33. The first-order chi connectivity index (χ1) is 10.1. The van der Waals surface area contributed by atoms with Crippen LogP contribution in [0.25, 0.3) is 0 Å². The lowest BCUT2D eigenvalue weighted by molar-refractivity contribution is -0.140. The Kier molecular flexibility index (Phi) is 3.81. The van der Waals surface area contributed by atoms with E-state index in [1.807, 2.05) is 30.3 Å². The molecule has 1 aliphatic carbocycles. The van der Waals surface area contributed by atoms with Gasteiger partial charge in [-0.05, 0) is 24.3 Å². The van der Waals surface area contributed by atoms with Gasteiger partial charge >= 0.3 is 0 Å². The van der Waals surface area contributed by atoms with Gasteiger partial charge in [0.1, 0.15) is 0 Å². The molecule has 3 unspecified atom stereocenters. The minimum atomic E-state index is -0.306. The van der Waals surface area contributed by atoms with Gasteiger partial charge in [-0.1, -0.05) is 43.7 Å². The maximum absolute atomic E-state index is 12.5. The molecule has 0 aromatic heterocycles. The van der Waals surface area contributed by atoms with E-state index in [2.05, 4.69) is 6.92 Å². The van der Waals surface area contributed by atoms with E-state index in [9.17, 15) is 9.59 Å². The second-order valence-corrected chi connectivity index (χ2v) is 6.26. The normalized spacial score (nSPS) is 29.8. The van der Waals surface area contributed by atoms with Crippen LogP contribution in [0.5, 0.6) is 0 Å². The molecule has 4 heteroatoms. The van der Waals surface area contributed by atoms with Crippen molar-refractivity contribution in [1.82, 2.24) is 4.90 Å². The number of carbonyl (C=O) groups is 2. The summed E-state index contributed by atoms with van der Waals surface area (Å²) >= 11 is 0. The van der Waals surface area contributed by atoms with Crippen molar-refractivity contribution in [2.24, 2.45) is 23.5 Å². The summed E-state index contributed by atoms with van der Waals surface area (Å²) in [5, 5.41) is 0. The highest BCUT2D eigenvalue weighted by Gasteiger charge is 2.52. The SMILES string of the molecule is CCC1CC2C(=O)N(CC(N)c3ccccc3)C(=O)C2C1. The van der Waals surface area contributed by atoms with Crippen molar-refractivity contribution < 1.29 is 9.59 Å². The molecule has 2 N–H and O–H groups in total. The zero-order valence-electron chi connectivity index (χ0n) is 12.4. The standard InChI is InChI=1S/C17H22N2O2/c1-2-11-8-13-14(9-11)17(21)19(16(13)20)10-15(18)12-6-4-3-5-7-12/h3-7,11,13-15H,2,8-10,18H2,1H3. The van der Waals surface area contributed by atoms with Crippen LogP contribution in [0.3, 0.4) is 0 Å². The Morgan fingerprint density at radius 2 is 1.71 bits per heavy atom. The molecule has 4 nitrogen and oxygen atoms in total. The summed E-state index contributed by atoms with van der Waals surface area (Å²) in [7, 11) is 0. The number of nitrogens with zero attached hydrogens (tertiary/aromatic N) is 1. The minimum Gasteiger partial charge on any atom is -0.322 e. The predicted octanol–water partition coefficient (Wildman–Crippen LogP) is 2.11. The Bertz CT molecular complexity index is 519. The van der Waals surface area contributed by atoms with Crippen LogP contribution >= 0.6 is 0 Å². The van der Waals surface area contributed by atoms with Crippen LogP contribution in [0, 0.1) is 17.8 Å². The highest BCUT2D eigenvalue weighted by atomic mass is 16.2. The van der Waals surface area contributed by atoms with E-state index in [-0.39, 0.29) is 29.7 Å². The molecule has 2 aliphatic rings. The van der Waals surface area contributed by atoms with Gasteiger partial charge in [-0.2, -0.15) is 0 Å². The summed E-state index contributed by atoms with van der Waals surface area (Å²) in [4.78, 5) is 26.4. The lowest BCUT2D eigenvalue weighted by Crippen LogP contribution is -2.38. The van der Waals surface area contributed by atoms with E-state index in [1.165, 1.54) is 4.90 Å². The van der Waals surface area contributed by atoms with Gasteiger partial charge in [0.05, 0.1) is 11.8 Å².